The lowest BCUT2D eigenvalue weighted by Gasteiger charge is -2.10. The third kappa shape index (κ3) is 3.03. The number of hydrogen-bond donors (Lipinski definition) is 1. The summed E-state index contributed by atoms with van der Waals surface area (Å²) in [4.78, 5) is 4.58. The van der Waals surface area contributed by atoms with Gasteiger partial charge in [0.15, 0.2) is 0 Å². The highest BCUT2D eigenvalue weighted by atomic mass is 15.2. The van der Waals surface area contributed by atoms with E-state index in [1.807, 2.05) is 0 Å². The average molecular weight is 269 g/mol. The van der Waals surface area contributed by atoms with Crippen LogP contribution < -0.4 is 5.32 Å². The van der Waals surface area contributed by atoms with Gasteiger partial charge in [0.25, 0.3) is 0 Å². The van der Waals surface area contributed by atoms with Crippen LogP contribution >= 0.6 is 0 Å². The van der Waals surface area contributed by atoms with Gasteiger partial charge in [0.1, 0.15) is 0 Å². The van der Waals surface area contributed by atoms with Gasteiger partial charge in [-0.1, -0.05) is 38.1 Å². The van der Waals surface area contributed by atoms with Crippen molar-refractivity contribution < 1.29 is 0 Å². The minimum atomic E-state index is 0.589. The van der Waals surface area contributed by atoms with Gasteiger partial charge in [-0.05, 0) is 36.8 Å². The molecule has 1 aromatic carbocycles. The zero-order valence-corrected chi connectivity index (χ0v) is 12.6. The fourth-order valence-electron chi connectivity index (χ4n) is 2.40. The van der Waals surface area contributed by atoms with E-state index in [-0.39, 0.29) is 0 Å². The molecule has 0 spiro atoms. The highest BCUT2D eigenvalue weighted by Crippen LogP contribution is 2.25. The molecule has 1 N–H and O–H groups in total. The third-order valence-corrected chi connectivity index (χ3v) is 3.81. The van der Waals surface area contributed by atoms with Crippen LogP contribution in [0.15, 0.2) is 30.5 Å². The Balaban J connectivity index is 1.76. The van der Waals surface area contributed by atoms with E-state index in [1.165, 1.54) is 24.0 Å². The minimum absolute atomic E-state index is 0.589. The molecule has 0 radical (unpaired) electrons. The fraction of sp³-hybridized carbons (Fsp3) is 0.471. The first kappa shape index (κ1) is 13.2. The van der Waals surface area contributed by atoms with Gasteiger partial charge < -0.3 is 9.88 Å². The van der Waals surface area contributed by atoms with Crippen molar-refractivity contribution in [3.63, 3.8) is 0 Å². The van der Waals surface area contributed by atoms with Crippen LogP contribution in [0.2, 0.25) is 0 Å². The predicted molar refractivity (Wildman–Crippen MR) is 83.2 cm³/mol. The van der Waals surface area contributed by atoms with Crippen LogP contribution in [0, 0.1) is 6.92 Å². The molecular weight excluding hydrogens is 246 g/mol. The number of nitrogens with one attached hydrogen (secondary N) is 1. The van der Waals surface area contributed by atoms with Crippen molar-refractivity contribution in [1.29, 1.82) is 0 Å². The standard InChI is InChI=1S/C17H23N3/c1-12(2)15-6-4-14(5-7-15)11-20-10-13(3)18-17(20)19-16-8-9-16/h4-7,10,12,16H,8-9,11H2,1-3H3,(H,18,19). The number of aryl methyl sites for hydroxylation is 1. The first-order valence-corrected chi connectivity index (χ1v) is 7.51. The van der Waals surface area contributed by atoms with Gasteiger partial charge >= 0.3 is 0 Å². The van der Waals surface area contributed by atoms with Gasteiger partial charge in [-0.25, -0.2) is 4.98 Å². The number of anilines is 1. The molecular formula is C17H23N3. The topological polar surface area (TPSA) is 29.9 Å². The highest BCUT2D eigenvalue weighted by Gasteiger charge is 2.23. The van der Waals surface area contributed by atoms with Gasteiger partial charge in [-0.2, -0.15) is 0 Å². The maximum atomic E-state index is 4.58. The Bertz CT molecular complexity index is 577. The summed E-state index contributed by atoms with van der Waals surface area (Å²) in [7, 11) is 0. The molecule has 1 fully saturated rings. The molecule has 1 aliphatic carbocycles. The number of rotatable bonds is 5. The molecule has 0 atom stereocenters. The number of hydrogen-bond acceptors (Lipinski definition) is 2. The summed E-state index contributed by atoms with van der Waals surface area (Å²) in [6.07, 6.45) is 4.67. The van der Waals surface area contributed by atoms with Gasteiger partial charge in [0, 0.05) is 12.2 Å². The molecule has 3 rings (SSSR count). The Kier molecular flexibility index (Phi) is 3.51. The van der Waals surface area contributed by atoms with Crippen LogP contribution in [0.1, 0.15) is 49.4 Å². The number of aromatic nitrogens is 2. The first-order chi connectivity index (χ1) is 9.61. The molecule has 106 valence electrons. The van der Waals surface area contributed by atoms with Crippen molar-refractivity contribution in [2.75, 3.05) is 5.32 Å². The van der Waals surface area contributed by atoms with Crippen LogP contribution in [-0.4, -0.2) is 15.6 Å². The fourth-order valence-corrected chi connectivity index (χ4v) is 2.40. The lowest BCUT2D eigenvalue weighted by Crippen LogP contribution is -2.09. The van der Waals surface area contributed by atoms with Gasteiger partial charge in [-0.3, -0.25) is 0 Å². The molecule has 1 saturated carbocycles. The quantitative estimate of drug-likeness (QED) is 0.891. The summed E-state index contributed by atoms with van der Waals surface area (Å²) in [5, 5.41) is 3.51. The highest BCUT2D eigenvalue weighted by molar-refractivity contribution is 5.34. The molecule has 0 saturated heterocycles. The molecule has 0 bridgehead atoms. The van der Waals surface area contributed by atoms with E-state index in [2.05, 4.69) is 66.1 Å². The van der Waals surface area contributed by atoms with E-state index in [1.54, 1.807) is 0 Å². The second-order valence-electron chi connectivity index (χ2n) is 6.15. The Morgan fingerprint density at radius 3 is 2.55 bits per heavy atom. The zero-order chi connectivity index (χ0) is 14.1. The molecule has 0 unspecified atom stereocenters. The lowest BCUT2D eigenvalue weighted by molar-refractivity contribution is 0.793. The molecule has 20 heavy (non-hydrogen) atoms. The maximum absolute atomic E-state index is 4.58. The summed E-state index contributed by atoms with van der Waals surface area (Å²) < 4.78 is 2.22. The molecule has 2 aromatic rings. The summed E-state index contributed by atoms with van der Waals surface area (Å²) >= 11 is 0. The Hall–Kier alpha value is -1.77. The zero-order valence-electron chi connectivity index (χ0n) is 12.6. The van der Waals surface area contributed by atoms with E-state index in [0.717, 1.165) is 18.2 Å². The Morgan fingerprint density at radius 2 is 1.95 bits per heavy atom. The largest absolute Gasteiger partial charge is 0.353 e. The molecule has 3 nitrogen and oxygen atoms in total. The van der Waals surface area contributed by atoms with Crippen molar-refractivity contribution >= 4 is 5.95 Å². The SMILES string of the molecule is Cc1cn(Cc2ccc(C(C)C)cc2)c(NC2CC2)n1. The summed E-state index contributed by atoms with van der Waals surface area (Å²) in [5.41, 5.74) is 3.80. The maximum Gasteiger partial charge on any atom is 0.203 e. The Morgan fingerprint density at radius 1 is 1.25 bits per heavy atom. The van der Waals surface area contributed by atoms with Crippen molar-refractivity contribution in [2.45, 2.75) is 52.1 Å². The van der Waals surface area contributed by atoms with E-state index in [4.69, 9.17) is 0 Å². The van der Waals surface area contributed by atoms with Crippen LogP contribution in [0.5, 0.6) is 0 Å². The molecule has 1 aromatic heterocycles. The van der Waals surface area contributed by atoms with Crippen molar-refractivity contribution in [3.05, 3.63) is 47.3 Å². The number of nitrogens with zero attached hydrogens (tertiary/aromatic N) is 2. The van der Waals surface area contributed by atoms with E-state index in [0.29, 0.717) is 12.0 Å². The first-order valence-electron chi connectivity index (χ1n) is 7.51. The van der Waals surface area contributed by atoms with Crippen molar-refractivity contribution in [3.8, 4) is 0 Å². The normalized spacial score (nSPS) is 14.8. The molecule has 3 heteroatoms. The summed E-state index contributed by atoms with van der Waals surface area (Å²) in [6, 6.07) is 9.56. The van der Waals surface area contributed by atoms with Crippen molar-refractivity contribution in [1.82, 2.24) is 9.55 Å². The van der Waals surface area contributed by atoms with Crippen LogP contribution in [0.4, 0.5) is 5.95 Å². The Labute approximate surface area is 121 Å². The van der Waals surface area contributed by atoms with E-state index >= 15 is 0 Å². The van der Waals surface area contributed by atoms with Gasteiger partial charge in [0.05, 0.1) is 12.2 Å². The molecule has 0 aliphatic heterocycles. The lowest BCUT2D eigenvalue weighted by atomic mass is 10.0. The van der Waals surface area contributed by atoms with Crippen LogP contribution in [0.3, 0.4) is 0 Å². The van der Waals surface area contributed by atoms with Crippen molar-refractivity contribution in [2.24, 2.45) is 0 Å². The third-order valence-electron chi connectivity index (χ3n) is 3.81. The second kappa shape index (κ2) is 5.31. The van der Waals surface area contributed by atoms with E-state index in [9.17, 15) is 0 Å². The summed E-state index contributed by atoms with van der Waals surface area (Å²) in [5.74, 6) is 1.60. The number of benzene rings is 1. The number of imidazole rings is 1. The second-order valence-corrected chi connectivity index (χ2v) is 6.15. The molecule has 0 amide bonds. The van der Waals surface area contributed by atoms with Crippen LogP contribution in [-0.2, 0) is 6.54 Å². The van der Waals surface area contributed by atoms with E-state index < -0.39 is 0 Å². The smallest absolute Gasteiger partial charge is 0.203 e. The van der Waals surface area contributed by atoms with Crippen LogP contribution in [0.25, 0.3) is 0 Å². The average Bonchev–Trinajstić information content (AvgIpc) is 3.15. The minimum Gasteiger partial charge on any atom is -0.353 e. The predicted octanol–water partition coefficient (Wildman–Crippen LogP) is 3.94. The summed E-state index contributed by atoms with van der Waals surface area (Å²) in [6.45, 7) is 7.39. The molecule has 1 heterocycles. The molecule has 1 aliphatic rings. The monoisotopic (exact) mass is 269 g/mol. The van der Waals surface area contributed by atoms with Gasteiger partial charge in [-0.15, -0.1) is 0 Å². The van der Waals surface area contributed by atoms with Gasteiger partial charge in [0.2, 0.25) is 5.95 Å².